The van der Waals surface area contributed by atoms with Crippen molar-refractivity contribution in [3.05, 3.63) is 58.9 Å². The van der Waals surface area contributed by atoms with Crippen LogP contribution in [-0.4, -0.2) is 10.1 Å². The Morgan fingerprint density at radius 2 is 1.60 bits per heavy atom. The fourth-order valence-electron chi connectivity index (χ4n) is 2.09. The monoisotopic (exact) mass is 287 g/mol. The molecule has 100 valence electrons. The average Bonchev–Trinajstić information content (AvgIpc) is 2.57. The highest BCUT2D eigenvalue weighted by atomic mass is 32.2. The maximum atomic E-state index is 13.4. The molecule has 2 N–H and O–H groups in total. The van der Waals surface area contributed by atoms with Crippen molar-refractivity contribution in [2.45, 2.75) is 9.79 Å². The van der Waals surface area contributed by atoms with Gasteiger partial charge < -0.3 is 5.73 Å². The van der Waals surface area contributed by atoms with Gasteiger partial charge >= 0.3 is 0 Å². The molecule has 0 aliphatic carbocycles. The molecule has 1 atom stereocenters. The molecule has 0 radical (unpaired) electrons. The number of carbonyl (C=O) groups excluding carboxylic acids is 1. The Morgan fingerprint density at radius 3 is 2.25 bits per heavy atom. The quantitative estimate of drug-likeness (QED) is 0.747. The van der Waals surface area contributed by atoms with Gasteiger partial charge in [-0.15, -0.1) is 0 Å². The van der Waals surface area contributed by atoms with Gasteiger partial charge in [-0.25, -0.2) is 8.60 Å². The number of hydrogen-bond donors (Lipinski definition) is 1. The molecule has 0 spiro atoms. The maximum absolute atomic E-state index is 13.4. The third-order valence-corrected chi connectivity index (χ3v) is 4.62. The van der Waals surface area contributed by atoms with E-state index in [1.807, 2.05) is 0 Å². The molecule has 0 bridgehead atoms. The Morgan fingerprint density at radius 1 is 1.00 bits per heavy atom. The van der Waals surface area contributed by atoms with Crippen molar-refractivity contribution < 1.29 is 13.4 Å². The molecule has 20 heavy (non-hydrogen) atoms. The molecule has 1 amide bonds. The third-order valence-electron chi connectivity index (χ3n) is 3.12. The molecule has 1 aliphatic rings. The Kier molecular flexibility index (Phi) is 2.99. The number of nitrogens with two attached hydrogens (primary N) is 1. The fraction of sp³-hybridized carbons (Fsp3) is 0. The molecular formula is C15H10FNO2S. The van der Waals surface area contributed by atoms with E-state index in [4.69, 9.17) is 5.73 Å². The van der Waals surface area contributed by atoms with Crippen molar-refractivity contribution in [3.8, 4) is 0 Å². The lowest BCUT2D eigenvalue weighted by Gasteiger charge is -2.07. The maximum Gasteiger partial charge on any atom is 0.248 e. The van der Waals surface area contributed by atoms with Gasteiger partial charge in [-0.05, 0) is 35.4 Å². The van der Waals surface area contributed by atoms with Gasteiger partial charge in [0.1, 0.15) is 5.82 Å². The van der Waals surface area contributed by atoms with Crippen LogP contribution in [0.15, 0.2) is 46.2 Å². The average molecular weight is 287 g/mol. The minimum atomic E-state index is -1.55. The molecular weight excluding hydrogens is 277 g/mol. The van der Waals surface area contributed by atoms with E-state index in [1.54, 1.807) is 30.4 Å². The Balaban J connectivity index is 2.24. The molecule has 1 unspecified atom stereocenters. The van der Waals surface area contributed by atoms with Crippen LogP contribution in [0.2, 0.25) is 0 Å². The van der Waals surface area contributed by atoms with Crippen LogP contribution in [0.3, 0.4) is 0 Å². The number of hydrogen-bond acceptors (Lipinski definition) is 2. The number of primary amides is 1. The highest BCUT2D eigenvalue weighted by Crippen LogP contribution is 2.30. The molecule has 2 aromatic carbocycles. The number of carbonyl (C=O) groups is 1. The van der Waals surface area contributed by atoms with Gasteiger partial charge in [0.05, 0.1) is 20.6 Å². The summed E-state index contributed by atoms with van der Waals surface area (Å²) in [6.07, 6.45) is 3.57. The van der Waals surface area contributed by atoms with Crippen molar-refractivity contribution in [1.29, 1.82) is 0 Å². The van der Waals surface area contributed by atoms with Gasteiger partial charge in [-0.2, -0.15) is 0 Å². The molecule has 3 nitrogen and oxygen atoms in total. The van der Waals surface area contributed by atoms with Crippen molar-refractivity contribution in [2.24, 2.45) is 5.73 Å². The van der Waals surface area contributed by atoms with E-state index < -0.39 is 22.5 Å². The molecule has 1 heterocycles. The van der Waals surface area contributed by atoms with E-state index in [1.165, 1.54) is 18.2 Å². The van der Waals surface area contributed by atoms with E-state index >= 15 is 0 Å². The Labute approximate surface area is 117 Å². The zero-order chi connectivity index (χ0) is 14.3. The first-order valence-corrected chi connectivity index (χ1v) is 7.04. The Hall–Kier alpha value is -2.27. The first-order valence-electron chi connectivity index (χ1n) is 5.89. The number of fused-ring (bicyclic) bond motifs is 2. The van der Waals surface area contributed by atoms with E-state index in [9.17, 15) is 13.4 Å². The van der Waals surface area contributed by atoms with E-state index in [0.717, 1.165) is 5.56 Å². The number of benzene rings is 2. The minimum absolute atomic E-state index is 0.283. The van der Waals surface area contributed by atoms with E-state index in [2.05, 4.69) is 0 Å². The molecule has 5 heteroatoms. The molecule has 3 rings (SSSR count). The molecule has 0 saturated carbocycles. The van der Waals surface area contributed by atoms with Gasteiger partial charge in [-0.1, -0.05) is 24.3 Å². The third kappa shape index (κ3) is 2.06. The highest BCUT2D eigenvalue weighted by molar-refractivity contribution is 7.85. The second-order valence-electron chi connectivity index (χ2n) is 4.40. The number of rotatable bonds is 1. The van der Waals surface area contributed by atoms with Crippen LogP contribution < -0.4 is 5.73 Å². The van der Waals surface area contributed by atoms with Crippen LogP contribution in [0.5, 0.6) is 0 Å². The number of halogens is 1. The summed E-state index contributed by atoms with van der Waals surface area (Å²) in [5.74, 6) is -1.03. The SMILES string of the molecule is NC(=O)c1ccc2c(c1)S(=O)c1cc(F)ccc1C=C2. The second kappa shape index (κ2) is 4.68. The van der Waals surface area contributed by atoms with Gasteiger partial charge in [0, 0.05) is 5.56 Å². The van der Waals surface area contributed by atoms with Gasteiger partial charge in [0.15, 0.2) is 0 Å². The summed E-state index contributed by atoms with van der Waals surface area (Å²) in [6.45, 7) is 0. The lowest BCUT2D eigenvalue weighted by atomic mass is 10.1. The van der Waals surface area contributed by atoms with E-state index in [0.29, 0.717) is 15.4 Å². The van der Waals surface area contributed by atoms with Crippen LogP contribution in [0, 0.1) is 5.82 Å². The fourth-order valence-corrected chi connectivity index (χ4v) is 3.48. The van der Waals surface area contributed by atoms with Gasteiger partial charge in [0.25, 0.3) is 0 Å². The van der Waals surface area contributed by atoms with Crippen LogP contribution >= 0.6 is 0 Å². The molecule has 0 saturated heterocycles. The molecule has 0 aromatic heterocycles. The smallest absolute Gasteiger partial charge is 0.248 e. The zero-order valence-electron chi connectivity index (χ0n) is 10.3. The summed E-state index contributed by atoms with van der Waals surface area (Å²) in [6, 6.07) is 8.93. The largest absolute Gasteiger partial charge is 0.366 e. The molecule has 2 aromatic rings. The number of amides is 1. The minimum Gasteiger partial charge on any atom is -0.366 e. The van der Waals surface area contributed by atoms with Gasteiger partial charge in [-0.3, -0.25) is 4.79 Å². The molecule has 0 fully saturated rings. The van der Waals surface area contributed by atoms with Gasteiger partial charge in [0.2, 0.25) is 5.91 Å². The lowest BCUT2D eigenvalue weighted by molar-refractivity contribution is 0.1000. The predicted molar refractivity (Wildman–Crippen MR) is 75.0 cm³/mol. The zero-order valence-corrected chi connectivity index (χ0v) is 11.1. The van der Waals surface area contributed by atoms with Crippen LogP contribution in [0.25, 0.3) is 12.2 Å². The summed E-state index contributed by atoms with van der Waals surface area (Å²) >= 11 is 0. The van der Waals surface area contributed by atoms with Crippen molar-refractivity contribution in [1.82, 2.24) is 0 Å². The summed E-state index contributed by atoms with van der Waals surface area (Å²) in [4.78, 5) is 12.1. The Bertz CT molecular complexity index is 783. The topological polar surface area (TPSA) is 60.2 Å². The summed E-state index contributed by atoms with van der Waals surface area (Å²) in [5.41, 5.74) is 6.94. The first-order chi connectivity index (χ1) is 9.56. The normalized spacial score (nSPS) is 16.1. The predicted octanol–water partition coefficient (Wildman–Crippen LogP) is 2.58. The second-order valence-corrected chi connectivity index (χ2v) is 5.82. The molecule has 1 aliphatic heterocycles. The van der Waals surface area contributed by atoms with Crippen LogP contribution in [0.4, 0.5) is 4.39 Å². The van der Waals surface area contributed by atoms with Crippen molar-refractivity contribution in [3.63, 3.8) is 0 Å². The highest BCUT2D eigenvalue weighted by Gasteiger charge is 2.19. The van der Waals surface area contributed by atoms with Crippen LogP contribution in [0.1, 0.15) is 21.5 Å². The first kappa shape index (κ1) is 12.7. The van der Waals surface area contributed by atoms with Crippen LogP contribution in [-0.2, 0) is 10.8 Å². The van der Waals surface area contributed by atoms with Crippen molar-refractivity contribution in [2.75, 3.05) is 0 Å². The standard InChI is InChI=1S/C15H10FNO2S/c16-12-6-5-10-2-1-9-3-4-11(15(17)18)7-13(9)20(19)14(10)8-12/h1-8H,(H2,17,18). The van der Waals surface area contributed by atoms with Crippen molar-refractivity contribution >= 4 is 28.9 Å². The van der Waals surface area contributed by atoms with E-state index in [-0.39, 0.29) is 5.56 Å². The lowest BCUT2D eigenvalue weighted by Crippen LogP contribution is -2.11. The summed E-state index contributed by atoms with van der Waals surface area (Å²) in [5, 5.41) is 0. The summed E-state index contributed by atoms with van der Waals surface area (Å²) < 4.78 is 26.0. The summed E-state index contributed by atoms with van der Waals surface area (Å²) in [7, 11) is -1.55.